The molecule has 9 heteroatoms. The Hall–Kier alpha value is -3.82. The highest BCUT2D eigenvalue weighted by Crippen LogP contribution is 2.35. The Bertz CT molecular complexity index is 1470. The zero-order valence-electron chi connectivity index (χ0n) is 23.4. The molecule has 0 aliphatic carbocycles. The van der Waals surface area contributed by atoms with Crippen LogP contribution in [0.4, 0.5) is 0 Å². The average Bonchev–Trinajstić information content (AvgIpc) is 3.84. The van der Waals surface area contributed by atoms with Crippen LogP contribution in [-0.4, -0.2) is 88.3 Å². The summed E-state index contributed by atoms with van der Waals surface area (Å²) in [6.45, 7) is 3.42. The van der Waals surface area contributed by atoms with Gasteiger partial charge in [-0.1, -0.05) is 48.5 Å². The maximum Gasteiger partial charge on any atom is 0.258 e. The molecule has 3 unspecified atom stereocenters. The first-order chi connectivity index (χ1) is 20.0. The largest absolute Gasteiger partial charge is 0.378 e. The van der Waals surface area contributed by atoms with Crippen molar-refractivity contribution in [2.75, 3.05) is 39.5 Å². The first kappa shape index (κ1) is 26.1. The van der Waals surface area contributed by atoms with Gasteiger partial charge in [-0.15, -0.1) is 0 Å². The molecule has 3 saturated heterocycles. The molecule has 1 spiro atoms. The van der Waals surface area contributed by atoms with Crippen LogP contribution < -0.4 is 0 Å². The second kappa shape index (κ2) is 10.5. The summed E-state index contributed by atoms with van der Waals surface area (Å²) < 4.78 is 13.1. The van der Waals surface area contributed by atoms with Crippen molar-refractivity contribution in [3.63, 3.8) is 0 Å². The quantitative estimate of drug-likeness (QED) is 0.466. The zero-order chi connectivity index (χ0) is 28.0. The molecule has 3 atom stereocenters. The van der Waals surface area contributed by atoms with Crippen LogP contribution in [0.15, 0.2) is 65.9 Å². The van der Waals surface area contributed by atoms with Gasteiger partial charge in [-0.25, -0.2) is 4.99 Å². The minimum absolute atomic E-state index is 0.0176. The summed E-state index contributed by atoms with van der Waals surface area (Å²) in [7, 11) is 1.92. The minimum Gasteiger partial charge on any atom is -0.378 e. The van der Waals surface area contributed by atoms with E-state index in [9.17, 15) is 9.59 Å². The SMILES string of the molecule is Cn1cc(-c2ccc(-c3ccc(C4=NC5(CCOC5)C(=O)N4CC4CCN(C(=O)C5CCCO5)C4)cc3)cc2)cn1. The predicted molar refractivity (Wildman–Crippen MR) is 154 cm³/mol. The van der Waals surface area contributed by atoms with Gasteiger partial charge in [-0.05, 0) is 41.9 Å². The lowest BCUT2D eigenvalue weighted by Gasteiger charge is -2.25. The molecule has 2 amide bonds. The molecule has 0 radical (unpaired) electrons. The van der Waals surface area contributed by atoms with Crippen LogP contribution in [0.1, 0.15) is 31.2 Å². The number of benzene rings is 2. The van der Waals surface area contributed by atoms with Gasteiger partial charge < -0.3 is 14.4 Å². The van der Waals surface area contributed by atoms with Crippen molar-refractivity contribution in [3.8, 4) is 22.3 Å². The van der Waals surface area contributed by atoms with E-state index in [2.05, 4.69) is 53.6 Å². The fourth-order valence-electron chi connectivity index (χ4n) is 6.51. The molecule has 0 bridgehead atoms. The molecule has 3 aromatic rings. The summed E-state index contributed by atoms with van der Waals surface area (Å²) in [6.07, 6.45) is 6.78. The normalized spacial score (nSPS) is 26.0. The zero-order valence-corrected chi connectivity index (χ0v) is 23.4. The highest BCUT2D eigenvalue weighted by atomic mass is 16.5. The summed E-state index contributed by atoms with van der Waals surface area (Å²) in [4.78, 5) is 35.5. The summed E-state index contributed by atoms with van der Waals surface area (Å²) >= 11 is 0. The number of hydrogen-bond donors (Lipinski definition) is 0. The lowest BCUT2D eigenvalue weighted by atomic mass is 9.98. The van der Waals surface area contributed by atoms with Gasteiger partial charge in [0.1, 0.15) is 11.9 Å². The Morgan fingerprint density at radius 1 is 0.976 bits per heavy atom. The minimum atomic E-state index is -0.831. The number of carbonyl (C=O) groups is 2. The third-order valence-corrected chi connectivity index (χ3v) is 8.86. The number of rotatable bonds is 6. The maximum absolute atomic E-state index is 13.8. The van der Waals surface area contributed by atoms with E-state index in [0.29, 0.717) is 51.7 Å². The van der Waals surface area contributed by atoms with Gasteiger partial charge in [-0.2, -0.15) is 5.10 Å². The Labute approximate surface area is 239 Å². The van der Waals surface area contributed by atoms with Crippen molar-refractivity contribution in [3.05, 3.63) is 66.5 Å². The van der Waals surface area contributed by atoms with Crippen LogP contribution >= 0.6 is 0 Å². The van der Waals surface area contributed by atoms with Crippen LogP contribution in [0, 0.1) is 5.92 Å². The molecule has 4 aliphatic rings. The molecular formula is C32H35N5O4. The molecular weight excluding hydrogens is 518 g/mol. The van der Waals surface area contributed by atoms with Crippen LogP contribution in [-0.2, 0) is 26.1 Å². The smallest absolute Gasteiger partial charge is 0.258 e. The Morgan fingerprint density at radius 2 is 1.68 bits per heavy atom. The van der Waals surface area contributed by atoms with E-state index >= 15 is 0 Å². The van der Waals surface area contributed by atoms with E-state index in [0.717, 1.165) is 47.1 Å². The molecule has 2 aromatic carbocycles. The Balaban J connectivity index is 1.09. The van der Waals surface area contributed by atoms with Crippen LogP contribution in [0.5, 0.6) is 0 Å². The van der Waals surface area contributed by atoms with E-state index in [1.54, 1.807) is 4.68 Å². The van der Waals surface area contributed by atoms with Crippen molar-refractivity contribution >= 4 is 17.6 Å². The fourth-order valence-corrected chi connectivity index (χ4v) is 6.51. The van der Waals surface area contributed by atoms with Gasteiger partial charge in [0.2, 0.25) is 0 Å². The van der Waals surface area contributed by atoms with Crippen LogP contribution in [0.25, 0.3) is 22.3 Å². The lowest BCUT2D eigenvalue weighted by molar-refractivity contribution is -0.139. The number of aliphatic imine (C=N–C) groups is 1. The van der Waals surface area contributed by atoms with E-state index in [4.69, 9.17) is 14.5 Å². The molecule has 0 N–H and O–H groups in total. The summed E-state index contributed by atoms with van der Waals surface area (Å²) in [5.74, 6) is 1.02. The maximum atomic E-state index is 13.8. The van der Waals surface area contributed by atoms with E-state index in [1.807, 2.05) is 29.2 Å². The van der Waals surface area contributed by atoms with Gasteiger partial charge in [0, 0.05) is 63.6 Å². The van der Waals surface area contributed by atoms with Gasteiger partial charge in [-0.3, -0.25) is 19.2 Å². The monoisotopic (exact) mass is 553 g/mol. The molecule has 41 heavy (non-hydrogen) atoms. The Morgan fingerprint density at radius 3 is 2.29 bits per heavy atom. The standard InChI is InChI=1S/C32H35N5O4/c1-35-20-27(17-33-35)25-6-4-23(5-7-25)24-8-10-26(11-9-24)29-34-32(13-16-40-21-32)31(39)37(29)19-22-12-14-36(18-22)30(38)28-3-2-15-41-28/h4-11,17,20,22,28H,2-3,12-16,18-19,21H2,1H3. The van der Waals surface area contributed by atoms with Crippen molar-refractivity contribution < 1.29 is 19.1 Å². The third-order valence-electron chi connectivity index (χ3n) is 8.86. The van der Waals surface area contributed by atoms with Crippen LogP contribution in [0.2, 0.25) is 0 Å². The van der Waals surface area contributed by atoms with E-state index in [-0.39, 0.29) is 23.8 Å². The first-order valence-corrected chi connectivity index (χ1v) is 14.6. The van der Waals surface area contributed by atoms with Gasteiger partial charge >= 0.3 is 0 Å². The molecule has 1 aromatic heterocycles. The second-order valence-corrected chi connectivity index (χ2v) is 11.7. The van der Waals surface area contributed by atoms with Gasteiger partial charge in [0.25, 0.3) is 11.8 Å². The third kappa shape index (κ3) is 4.87. The van der Waals surface area contributed by atoms with Gasteiger partial charge in [0.05, 0.1) is 12.8 Å². The summed E-state index contributed by atoms with van der Waals surface area (Å²) in [6, 6.07) is 16.8. The van der Waals surface area contributed by atoms with Crippen molar-refractivity contribution in [2.24, 2.45) is 18.0 Å². The number of ether oxygens (including phenoxy) is 2. The molecule has 9 nitrogen and oxygen atoms in total. The topological polar surface area (TPSA) is 89.3 Å². The molecule has 5 heterocycles. The highest BCUT2D eigenvalue weighted by molar-refractivity contribution is 6.15. The number of amidine groups is 1. The molecule has 7 rings (SSSR count). The van der Waals surface area contributed by atoms with E-state index < -0.39 is 5.54 Å². The van der Waals surface area contributed by atoms with E-state index in [1.165, 1.54) is 0 Å². The van der Waals surface area contributed by atoms with Gasteiger partial charge in [0.15, 0.2) is 5.54 Å². The number of aromatic nitrogens is 2. The van der Waals surface area contributed by atoms with Crippen molar-refractivity contribution in [2.45, 2.75) is 37.3 Å². The molecule has 3 fully saturated rings. The van der Waals surface area contributed by atoms with Crippen molar-refractivity contribution in [1.29, 1.82) is 0 Å². The Kier molecular flexibility index (Phi) is 6.71. The highest BCUT2D eigenvalue weighted by Gasteiger charge is 2.51. The molecule has 212 valence electrons. The number of amides is 2. The number of likely N-dealkylation sites (tertiary alicyclic amines) is 1. The lowest BCUT2D eigenvalue weighted by Crippen LogP contribution is -2.45. The number of carbonyl (C=O) groups excluding carboxylic acids is 2. The average molecular weight is 554 g/mol. The summed E-state index contributed by atoms with van der Waals surface area (Å²) in [5, 5.41) is 4.27. The molecule has 4 aliphatic heterocycles. The fraction of sp³-hybridized carbons (Fsp3) is 0.438. The van der Waals surface area contributed by atoms with Crippen molar-refractivity contribution in [1.82, 2.24) is 19.6 Å². The predicted octanol–water partition coefficient (Wildman–Crippen LogP) is 3.53. The second-order valence-electron chi connectivity index (χ2n) is 11.7. The van der Waals surface area contributed by atoms with Crippen LogP contribution in [0.3, 0.4) is 0 Å². The number of hydrogen-bond acceptors (Lipinski definition) is 6. The first-order valence-electron chi connectivity index (χ1n) is 14.6. The number of nitrogens with zero attached hydrogens (tertiary/aromatic N) is 5. The summed E-state index contributed by atoms with van der Waals surface area (Å²) in [5.41, 5.74) is 4.52. The molecule has 0 saturated carbocycles. The number of aryl methyl sites for hydroxylation is 1.